The molecule has 0 aliphatic carbocycles. The summed E-state index contributed by atoms with van der Waals surface area (Å²) in [6.07, 6.45) is 0. The van der Waals surface area contributed by atoms with Crippen molar-refractivity contribution in [2.24, 2.45) is 0 Å². The second-order valence-corrected chi connectivity index (χ2v) is 4.74. The van der Waals surface area contributed by atoms with E-state index in [0.717, 1.165) is 11.5 Å². The standard InChI is InChI=1S/C11H16OS/c1-9(2)13-8-10-6-4-5-7-11(10)12-3/h4-7,9H,8H2,1-3H3. The molecule has 0 aromatic heterocycles. The molecule has 72 valence electrons. The van der Waals surface area contributed by atoms with Gasteiger partial charge in [-0.25, -0.2) is 0 Å². The molecule has 2 heteroatoms. The molecule has 0 unspecified atom stereocenters. The highest BCUT2D eigenvalue weighted by Gasteiger charge is 2.02. The molecular formula is C11H16OS. The molecule has 13 heavy (non-hydrogen) atoms. The molecule has 0 amide bonds. The van der Waals surface area contributed by atoms with Gasteiger partial charge < -0.3 is 4.74 Å². The Labute approximate surface area is 84.5 Å². The van der Waals surface area contributed by atoms with Gasteiger partial charge in [0.1, 0.15) is 5.75 Å². The van der Waals surface area contributed by atoms with Crippen LogP contribution in [-0.2, 0) is 5.75 Å². The van der Waals surface area contributed by atoms with Crippen LogP contribution in [0.3, 0.4) is 0 Å². The fourth-order valence-corrected chi connectivity index (χ4v) is 1.83. The first-order valence-electron chi connectivity index (χ1n) is 4.47. The SMILES string of the molecule is COc1ccccc1CSC(C)C. The predicted molar refractivity (Wildman–Crippen MR) is 59.4 cm³/mol. The Balaban J connectivity index is 2.64. The van der Waals surface area contributed by atoms with E-state index in [1.165, 1.54) is 5.56 Å². The summed E-state index contributed by atoms with van der Waals surface area (Å²) in [5.74, 6) is 2.03. The van der Waals surface area contributed by atoms with Crippen molar-refractivity contribution in [3.8, 4) is 5.75 Å². The number of methoxy groups -OCH3 is 1. The van der Waals surface area contributed by atoms with E-state index in [1.54, 1.807) is 7.11 Å². The summed E-state index contributed by atoms with van der Waals surface area (Å²) in [5.41, 5.74) is 1.28. The van der Waals surface area contributed by atoms with Crippen LogP contribution < -0.4 is 4.74 Å². The molecule has 0 radical (unpaired) electrons. The van der Waals surface area contributed by atoms with Crippen LogP contribution in [0.15, 0.2) is 24.3 Å². The van der Waals surface area contributed by atoms with E-state index in [0.29, 0.717) is 5.25 Å². The third-order valence-corrected chi connectivity index (χ3v) is 2.91. The van der Waals surface area contributed by atoms with Crippen molar-refractivity contribution < 1.29 is 4.74 Å². The quantitative estimate of drug-likeness (QED) is 0.730. The van der Waals surface area contributed by atoms with E-state index < -0.39 is 0 Å². The van der Waals surface area contributed by atoms with Crippen molar-refractivity contribution in [1.82, 2.24) is 0 Å². The van der Waals surface area contributed by atoms with Crippen molar-refractivity contribution in [2.75, 3.05) is 7.11 Å². The van der Waals surface area contributed by atoms with Crippen LogP contribution in [-0.4, -0.2) is 12.4 Å². The highest BCUT2D eigenvalue weighted by atomic mass is 32.2. The molecule has 0 saturated heterocycles. The zero-order chi connectivity index (χ0) is 9.68. The Bertz CT molecular complexity index is 258. The van der Waals surface area contributed by atoms with Crippen molar-refractivity contribution in [2.45, 2.75) is 24.9 Å². The van der Waals surface area contributed by atoms with Gasteiger partial charge in [0, 0.05) is 11.3 Å². The topological polar surface area (TPSA) is 9.23 Å². The fraction of sp³-hybridized carbons (Fsp3) is 0.455. The van der Waals surface area contributed by atoms with Crippen LogP contribution in [0.25, 0.3) is 0 Å². The average molecular weight is 196 g/mol. The summed E-state index contributed by atoms with van der Waals surface area (Å²) >= 11 is 1.93. The van der Waals surface area contributed by atoms with Crippen molar-refractivity contribution in [3.05, 3.63) is 29.8 Å². The summed E-state index contributed by atoms with van der Waals surface area (Å²) in [5, 5.41) is 0.671. The first-order valence-corrected chi connectivity index (χ1v) is 5.52. The van der Waals surface area contributed by atoms with Gasteiger partial charge >= 0.3 is 0 Å². The Hall–Kier alpha value is -0.630. The van der Waals surface area contributed by atoms with E-state index in [9.17, 15) is 0 Å². The lowest BCUT2D eigenvalue weighted by atomic mass is 10.2. The van der Waals surface area contributed by atoms with Gasteiger partial charge in [0.25, 0.3) is 0 Å². The van der Waals surface area contributed by atoms with Gasteiger partial charge in [-0.05, 0) is 11.3 Å². The monoisotopic (exact) mass is 196 g/mol. The third-order valence-electron chi connectivity index (χ3n) is 1.76. The number of thioether (sulfide) groups is 1. The molecule has 0 N–H and O–H groups in total. The van der Waals surface area contributed by atoms with E-state index in [-0.39, 0.29) is 0 Å². The van der Waals surface area contributed by atoms with Crippen molar-refractivity contribution >= 4 is 11.8 Å². The van der Waals surface area contributed by atoms with Gasteiger partial charge in [0.2, 0.25) is 0 Å². The van der Waals surface area contributed by atoms with Crippen LogP contribution in [0.4, 0.5) is 0 Å². The Kier molecular flexibility index (Phi) is 4.16. The number of hydrogen-bond acceptors (Lipinski definition) is 2. The highest BCUT2D eigenvalue weighted by molar-refractivity contribution is 7.99. The molecule has 1 aromatic rings. The minimum Gasteiger partial charge on any atom is -0.496 e. The smallest absolute Gasteiger partial charge is 0.122 e. The second kappa shape index (κ2) is 5.18. The van der Waals surface area contributed by atoms with Crippen LogP contribution in [0.5, 0.6) is 5.75 Å². The Morgan fingerprint density at radius 1 is 1.31 bits per heavy atom. The minimum absolute atomic E-state index is 0.671. The molecule has 0 aliphatic heterocycles. The molecule has 0 saturated carbocycles. The molecule has 0 aliphatic rings. The van der Waals surface area contributed by atoms with E-state index in [2.05, 4.69) is 26.0 Å². The number of para-hydroxylation sites is 1. The average Bonchev–Trinajstić information content (AvgIpc) is 2.15. The van der Waals surface area contributed by atoms with Gasteiger partial charge in [0.05, 0.1) is 7.11 Å². The molecular weight excluding hydrogens is 180 g/mol. The maximum absolute atomic E-state index is 5.26. The van der Waals surface area contributed by atoms with Crippen LogP contribution >= 0.6 is 11.8 Å². The van der Waals surface area contributed by atoms with Crippen LogP contribution in [0, 0.1) is 0 Å². The Morgan fingerprint density at radius 3 is 2.62 bits per heavy atom. The van der Waals surface area contributed by atoms with Gasteiger partial charge in [0.15, 0.2) is 0 Å². The maximum Gasteiger partial charge on any atom is 0.122 e. The normalized spacial score (nSPS) is 10.5. The molecule has 1 nitrogen and oxygen atoms in total. The van der Waals surface area contributed by atoms with Gasteiger partial charge in [-0.3, -0.25) is 0 Å². The largest absolute Gasteiger partial charge is 0.496 e. The number of hydrogen-bond donors (Lipinski definition) is 0. The molecule has 0 atom stereocenters. The summed E-state index contributed by atoms with van der Waals surface area (Å²) < 4.78 is 5.26. The van der Waals surface area contributed by atoms with Gasteiger partial charge in [-0.15, -0.1) is 0 Å². The predicted octanol–water partition coefficient (Wildman–Crippen LogP) is 3.34. The molecule has 0 fully saturated rings. The molecule has 1 aromatic carbocycles. The van der Waals surface area contributed by atoms with E-state index >= 15 is 0 Å². The van der Waals surface area contributed by atoms with Gasteiger partial charge in [-0.2, -0.15) is 11.8 Å². The lowest BCUT2D eigenvalue weighted by Gasteiger charge is -2.08. The minimum atomic E-state index is 0.671. The second-order valence-electron chi connectivity index (χ2n) is 3.17. The lowest BCUT2D eigenvalue weighted by Crippen LogP contribution is -1.92. The first kappa shape index (κ1) is 10.5. The summed E-state index contributed by atoms with van der Waals surface area (Å²) in [6.45, 7) is 4.42. The summed E-state index contributed by atoms with van der Waals surface area (Å²) in [4.78, 5) is 0. The first-order chi connectivity index (χ1) is 6.24. The van der Waals surface area contributed by atoms with Crippen molar-refractivity contribution in [1.29, 1.82) is 0 Å². The number of rotatable bonds is 4. The highest BCUT2D eigenvalue weighted by Crippen LogP contribution is 2.24. The lowest BCUT2D eigenvalue weighted by molar-refractivity contribution is 0.411. The molecule has 0 spiro atoms. The van der Waals surface area contributed by atoms with Crippen LogP contribution in [0.1, 0.15) is 19.4 Å². The van der Waals surface area contributed by atoms with Crippen LogP contribution in [0.2, 0.25) is 0 Å². The van der Waals surface area contributed by atoms with Crippen molar-refractivity contribution in [3.63, 3.8) is 0 Å². The van der Waals surface area contributed by atoms with E-state index in [1.807, 2.05) is 23.9 Å². The molecule has 0 heterocycles. The third kappa shape index (κ3) is 3.31. The summed E-state index contributed by atoms with van der Waals surface area (Å²) in [7, 11) is 1.72. The zero-order valence-electron chi connectivity index (χ0n) is 8.41. The Morgan fingerprint density at radius 2 is 2.00 bits per heavy atom. The maximum atomic E-state index is 5.26. The molecule has 1 rings (SSSR count). The number of benzene rings is 1. The van der Waals surface area contributed by atoms with Gasteiger partial charge in [-0.1, -0.05) is 32.0 Å². The molecule has 0 bridgehead atoms. The summed E-state index contributed by atoms with van der Waals surface area (Å²) in [6, 6.07) is 8.19. The fourth-order valence-electron chi connectivity index (χ4n) is 1.08. The van der Waals surface area contributed by atoms with E-state index in [4.69, 9.17) is 4.74 Å². The number of ether oxygens (including phenoxy) is 1. The zero-order valence-corrected chi connectivity index (χ0v) is 9.23.